The Bertz CT molecular complexity index is 362. The van der Waals surface area contributed by atoms with Crippen molar-refractivity contribution in [2.45, 2.75) is 40.7 Å². The van der Waals surface area contributed by atoms with Gasteiger partial charge in [0.05, 0.1) is 0 Å². The van der Waals surface area contributed by atoms with Crippen molar-refractivity contribution in [1.82, 2.24) is 5.32 Å². The van der Waals surface area contributed by atoms with Crippen molar-refractivity contribution in [3.05, 3.63) is 34.4 Å². The molecular weight excluding hydrogens is 238 g/mol. The lowest BCUT2D eigenvalue weighted by Crippen LogP contribution is -2.21. The van der Waals surface area contributed by atoms with E-state index in [2.05, 4.69) is 59.1 Å². The Balaban J connectivity index is 2.82. The Morgan fingerprint density at radius 1 is 1.06 bits per heavy atom. The first-order chi connectivity index (χ1) is 8.45. The van der Waals surface area contributed by atoms with E-state index in [9.17, 15) is 0 Å². The lowest BCUT2D eigenvalue weighted by Gasteiger charge is -2.22. The molecular formula is C16H27NS. The molecule has 18 heavy (non-hydrogen) atoms. The van der Waals surface area contributed by atoms with Crippen LogP contribution in [0.1, 0.15) is 42.1 Å². The minimum absolute atomic E-state index is 0.467. The minimum atomic E-state index is 0.467. The van der Waals surface area contributed by atoms with Crippen molar-refractivity contribution >= 4 is 11.8 Å². The van der Waals surface area contributed by atoms with E-state index < -0.39 is 0 Å². The highest BCUT2D eigenvalue weighted by molar-refractivity contribution is 7.99. The van der Waals surface area contributed by atoms with Gasteiger partial charge in [0.2, 0.25) is 0 Å². The van der Waals surface area contributed by atoms with E-state index in [0.717, 1.165) is 11.7 Å². The van der Waals surface area contributed by atoms with Crippen LogP contribution in [0.2, 0.25) is 0 Å². The number of thioether (sulfide) groups is 1. The average Bonchev–Trinajstić information content (AvgIpc) is 2.25. The summed E-state index contributed by atoms with van der Waals surface area (Å²) >= 11 is 2.05. The summed E-state index contributed by atoms with van der Waals surface area (Å²) in [5.41, 5.74) is 5.67. The molecule has 0 saturated carbocycles. The van der Waals surface area contributed by atoms with Crippen molar-refractivity contribution in [1.29, 1.82) is 0 Å². The van der Waals surface area contributed by atoms with E-state index in [1.54, 1.807) is 0 Å². The fourth-order valence-corrected chi connectivity index (χ4v) is 3.65. The van der Waals surface area contributed by atoms with E-state index in [-0.39, 0.29) is 0 Å². The molecule has 1 rings (SSSR count). The molecule has 102 valence electrons. The number of hydrogen-bond acceptors (Lipinski definition) is 2. The van der Waals surface area contributed by atoms with Gasteiger partial charge in [-0.2, -0.15) is 11.8 Å². The Morgan fingerprint density at radius 2 is 1.61 bits per heavy atom. The second-order valence-corrected chi connectivity index (χ2v) is 6.66. The van der Waals surface area contributed by atoms with Gasteiger partial charge in [0.25, 0.3) is 0 Å². The number of hydrogen-bond donors (Lipinski definition) is 1. The SMILES string of the molecule is CNC(CSCC(C)C)c1c(C)cc(C)cc1C. The van der Waals surface area contributed by atoms with Gasteiger partial charge in [-0.15, -0.1) is 0 Å². The largest absolute Gasteiger partial charge is 0.312 e. The third-order valence-electron chi connectivity index (χ3n) is 3.17. The Labute approximate surface area is 117 Å². The van der Waals surface area contributed by atoms with Crippen LogP contribution in [0.3, 0.4) is 0 Å². The molecule has 0 aliphatic rings. The van der Waals surface area contributed by atoms with Gasteiger partial charge in [-0.3, -0.25) is 0 Å². The van der Waals surface area contributed by atoms with Crippen molar-refractivity contribution in [3.8, 4) is 0 Å². The van der Waals surface area contributed by atoms with Crippen molar-refractivity contribution < 1.29 is 0 Å². The van der Waals surface area contributed by atoms with Crippen LogP contribution >= 0.6 is 11.8 Å². The molecule has 1 nitrogen and oxygen atoms in total. The van der Waals surface area contributed by atoms with Gasteiger partial charge in [0, 0.05) is 11.8 Å². The summed E-state index contributed by atoms with van der Waals surface area (Å²) in [6.07, 6.45) is 0. The summed E-state index contributed by atoms with van der Waals surface area (Å²) in [6.45, 7) is 11.2. The highest BCUT2D eigenvalue weighted by Crippen LogP contribution is 2.26. The number of rotatable bonds is 6. The van der Waals surface area contributed by atoms with E-state index in [4.69, 9.17) is 0 Å². The zero-order valence-electron chi connectivity index (χ0n) is 12.6. The van der Waals surface area contributed by atoms with Crippen LogP contribution in [-0.4, -0.2) is 18.6 Å². The summed E-state index contributed by atoms with van der Waals surface area (Å²) in [5.74, 6) is 3.16. The lowest BCUT2D eigenvalue weighted by atomic mass is 9.95. The van der Waals surface area contributed by atoms with E-state index in [0.29, 0.717) is 6.04 Å². The topological polar surface area (TPSA) is 12.0 Å². The second-order valence-electron chi connectivity index (χ2n) is 5.58. The fourth-order valence-electron chi connectivity index (χ4n) is 2.47. The van der Waals surface area contributed by atoms with E-state index >= 15 is 0 Å². The van der Waals surface area contributed by atoms with Crippen LogP contribution in [0.15, 0.2) is 12.1 Å². The number of nitrogens with one attached hydrogen (secondary N) is 1. The Morgan fingerprint density at radius 3 is 2.06 bits per heavy atom. The summed E-state index contributed by atoms with van der Waals surface area (Å²) in [6, 6.07) is 5.05. The molecule has 0 heterocycles. The van der Waals surface area contributed by atoms with Gasteiger partial charge in [0.1, 0.15) is 0 Å². The van der Waals surface area contributed by atoms with Gasteiger partial charge in [-0.25, -0.2) is 0 Å². The van der Waals surface area contributed by atoms with Gasteiger partial charge in [-0.1, -0.05) is 31.5 Å². The first-order valence-electron chi connectivity index (χ1n) is 6.78. The van der Waals surface area contributed by atoms with Crippen molar-refractivity contribution in [2.24, 2.45) is 5.92 Å². The maximum Gasteiger partial charge on any atom is 0.0414 e. The standard InChI is InChI=1S/C16H27NS/c1-11(2)9-18-10-15(17-6)16-13(4)7-12(3)8-14(16)5/h7-8,11,15,17H,9-10H2,1-6H3. The predicted octanol–water partition coefficient (Wildman–Crippen LogP) is 4.26. The van der Waals surface area contributed by atoms with Gasteiger partial charge in [-0.05, 0) is 56.2 Å². The monoisotopic (exact) mass is 265 g/mol. The molecule has 0 aliphatic carbocycles. The second kappa shape index (κ2) is 7.20. The summed E-state index contributed by atoms with van der Waals surface area (Å²) in [5, 5.41) is 3.47. The Hall–Kier alpha value is -0.470. The van der Waals surface area contributed by atoms with Crippen molar-refractivity contribution in [2.75, 3.05) is 18.6 Å². The van der Waals surface area contributed by atoms with E-state index in [1.807, 2.05) is 11.8 Å². The Kier molecular flexibility index (Phi) is 6.24. The van der Waals surface area contributed by atoms with Crippen LogP contribution in [0.4, 0.5) is 0 Å². The molecule has 2 heteroatoms. The van der Waals surface area contributed by atoms with Gasteiger partial charge in [0.15, 0.2) is 0 Å². The van der Waals surface area contributed by atoms with Crippen LogP contribution in [0.25, 0.3) is 0 Å². The predicted molar refractivity (Wildman–Crippen MR) is 84.6 cm³/mol. The average molecular weight is 265 g/mol. The minimum Gasteiger partial charge on any atom is -0.312 e. The maximum absolute atomic E-state index is 3.47. The van der Waals surface area contributed by atoms with Crippen molar-refractivity contribution in [3.63, 3.8) is 0 Å². The van der Waals surface area contributed by atoms with Crippen LogP contribution in [0.5, 0.6) is 0 Å². The third kappa shape index (κ3) is 4.33. The zero-order chi connectivity index (χ0) is 13.7. The fraction of sp³-hybridized carbons (Fsp3) is 0.625. The molecule has 0 spiro atoms. The van der Waals surface area contributed by atoms with E-state index in [1.165, 1.54) is 28.0 Å². The third-order valence-corrected chi connectivity index (χ3v) is 4.64. The first kappa shape index (κ1) is 15.6. The molecule has 1 aromatic carbocycles. The molecule has 0 amide bonds. The molecule has 1 atom stereocenters. The highest BCUT2D eigenvalue weighted by Gasteiger charge is 2.15. The summed E-state index contributed by atoms with van der Waals surface area (Å²) in [4.78, 5) is 0. The van der Waals surface area contributed by atoms with Gasteiger partial charge < -0.3 is 5.32 Å². The summed E-state index contributed by atoms with van der Waals surface area (Å²) in [7, 11) is 2.07. The van der Waals surface area contributed by atoms with Gasteiger partial charge >= 0.3 is 0 Å². The van der Waals surface area contributed by atoms with Crippen LogP contribution in [-0.2, 0) is 0 Å². The number of benzene rings is 1. The lowest BCUT2D eigenvalue weighted by molar-refractivity contribution is 0.651. The molecule has 0 aromatic heterocycles. The molecule has 0 aliphatic heterocycles. The maximum atomic E-state index is 3.47. The molecule has 1 unspecified atom stereocenters. The highest BCUT2D eigenvalue weighted by atomic mass is 32.2. The quantitative estimate of drug-likeness (QED) is 0.824. The summed E-state index contributed by atoms with van der Waals surface area (Å²) < 4.78 is 0. The normalized spacial score (nSPS) is 13.1. The molecule has 1 aromatic rings. The smallest absolute Gasteiger partial charge is 0.0414 e. The van der Waals surface area contributed by atoms with Crippen LogP contribution in [0, 0.1) is 26.7 Å². The molecule has 0 bridgehead atoms. The zero-order valence-corrected chi connectivity index (χ0v) is 13.4. The molecule has 0 saturated heterocycles. The molecule has 0 fully saturated rings. The first-order valence-corrected chi connectivity index (χ1v) is 7.94. The molecule has 1 N–H and O–H groups in total. The molecule has 0 radical (unpaired) electrons. The van der Waals surface area contributed by atoms with Crippen LogP contribution < -0.4 is 5.32 Å². The number of aryl methyl sites for hydroxylation is 3.